The zero-order valence-corrected chi connectivity index (χ0v) is 18.0. The Morgan fingerprint density at radius 2 is 1.79 bits per heavy atom. The third kappa shape index (κ3) is 4.97. The van der Waals surface area contributed by atoms with Gasteiger partial charge < -0.3 is 9.64 Å². The largest absolute Gasteiger partial charge is 0.497 e. The Hall–Kier alpha value is -2.38. The van der Waals surface area contributed by atoms with Gasteiger partial charge >= 0.3 is 0 Å². The Balaban J connectivity index is 1.68. The molecule has 3 rings (SSSR count). The van der Waals surface area contributed by atoms with Crippen LogP contribution in [0.4, 0.5) is 0 Å². The summed E-state index contributed by atoms with van der Waals surface area (Å²) in [7, 11) is -0.320. The van der Waals surface area contributed by atoms with Gasteiger partial charge in [0.25, 0.3) is 0 Å². The van der Waals surface area contributed by atoms with Gasteiger partial charge in [0.05, 0.1) is 17.9 Å². The number of hydrogen-bond acceptors (Lipinski definition) is 4. The molecule has 1 fully saturated rings. The van der Waals surface area contributed by atoms with Crippen LogP contribution in [-0.2, 0) is 21.4 Å². The number of amides is 1. The SMILES string of the molecule is COc1ccc(S(=O)(=O)N2CCC[C@@H](C(=O)N(C)Cc3ccc(C)cc3)C2)cc1. The third-order valence-electron chi connectivity index (χ3n) is 5.35. The maximum atomic E-state index is 13.0. The van der Waals surface area contributed by atoms with E-state index in [1.807, 2.05) is 31.2 Å². The van der Waals surface area contributed by atoms with Crippen molar-refractivity contribution in [1.82, 2.24) is 9.21 Å². The lowest BCUT2D eigenvalue weighted by Gasteiger charge is -2.33. The predicted octanol–water partition coefficient (Wildman–Crippen LogP) is 3.06. The lowest BCUT2D eigenvalue weighted by molar-refractivity contribution is -0.135. The highest BCUT2D eigenvalue weighted by atomic mass is 32.2. The first-order valence-corrected chi connectivity index (χ1v) is 11.2. The first-order valence-electron chi connectivity index (χ1n) is 9.76. The first kappa shape index (κ1) is 21.3. The summed E-state index contributed by atoms with van der Waals surface area (Å²) >= 11 is 0. The molecule has 1 atom stereocenters. The average molecular weight is 417 g/mol. The summed E-state index contributed by atoms with van der Waals surface area (Å²) in [6.07, 6.45) is 1.37. The molecule has 0 radical (unpaired) electrons. The molecule has 0 spiro atoms. The number of hydrogen-bond donors (Lipinski definition) is 0. The van der Waals surface area contributed by atoms with E-state index in [0.717, 1.165) is 5.56 Å². The van der Waals surface area contributed by atoms with Gasteiger partial charge in [-0.05, 0) is 49.6 Å². The summed E-state index contributed by atoms with van der Waals surface area (Å²) in [6.45, 7) is 3.19. The number of sulfonamides is 1. The van der Waals surface area contributed by atoms with Crippen molar-refractivity contribution in [3.63, 3.8) is 0 Å². The molecule has 0 bridgehead atoms. The highest BCUT2D eigenvalue weighted by Gasteiger charge is 2.34. The minimum Gasteiger partial charge on any atom is -0.497 e. The van der Waals surface area contributed by atoms with E-state index in [1.54, 1.807) is 36.2 Å². The van der Waals surface area contributed by atoms with E-state index in [0.29, 0.717) is 31.7 Å². The minimum absolute atomic E-state index is 0.0137. The van der Waals surface area contributed by atoms with Gasteiger partial charge in [-0.25, -0.2) is 8.42 Å². The minimum atomic E-state index is -3.64. The van der Waals surface area contributed by atoms with E-state index in [9.17, 15) is 13.2 Å². The summed E-state index contributed by atoms with van der Waals surface area (Å²) in [5, 5.41) is 0. The predicted molar refractivity (Wildman–Crippen MR) is 112 cm³/mol. The lowest BCUT2D eigenvalue weighted by atomic mass is 9.98. The fraction of sp³-hybridized carbons (Fsp3) is 0.409. The normalized spacial score (nSPS) is 17.7. The number of piperidine rings is 1. The maximum absolute atomic E-state index is 13.0. The molecule has 1 amide bonds. The molecule has 2 aromatic rings. The van der Waals surface area contributed by atoms with Gasteiger partial charge in [-0.15, -0.1) is 0 Å². The van der Waals surface area contributed by atoms with Gasteiger partial charge in [-0.2, -0.15) is 4.31 Å². The number of nitrogens with zero attached hydrogens (tertiary/aromatic N) is 2. The van der Waals surface area contributed by atoms with Gasteiger partial charge in [0.1, 0.15) is 5.75 Å². The molecule has 29 heavy (non-hydrogen) atoms. The van der Waals surface area contributed by atoms with E-state index in [1.165, 1.54) is 17.0 Å². The fourth-order valence-corrected chi connectivity index (χ4v) is 5.14. The monoisotopic (exact) mass is 416 g/mol. The van der Waals surface area contributed by atoms with E-state index in [4.69, 9.17) is 4.74 Å². The molecule has 1 aliphatic heterocycles. The Morgan fingerprint density at radius 3 is 2.41 bits per heavy atom. The fourth-order valence-electron chi connectivity index (χ4n) is 3.62. The van der Waals surface area contributed by atoms with Crippen LogP contribution in [-0.4, -0.2) is 50.8 Å². The van der Waals surface area contributed by atoms with E-state index < -0.39 is 10.0 Å². The standard InChI is InChI=1S/C22H28N2O4S/c1-17-6-8-18(9-7-17)15-23(2)22(25)19-5-4-14-24(16-19)29(26,27)21-12-10-20(28-3)11-13-21/h6-13,19H,4-5,14-16H2,1-3H3/t19-/m1/s1. The maximum Gasteiger partial charge on any atom is 0.243 e. The molecular weight excluding hydrogens is 388 g/mol. The van der Waals surface area contributed by atoms with Gasteiger partial charge in [0.15, 0.2) is 0 Å². The van der Waals surface area contributed by atoms with Gasteiger partial charge in [0.2, 0.25) is 15.9 Å². The molecule has 0 aliphatic carbocycles. The Labute approximate surface area is 173 Å². The zero-order chi connectivity index (χ0) is 21.0. The van der Waals surface area contributed by atoms with Gasteiger partial charge in [-0.1, -0.05) is 29.8 Å². The van der Waals surface area contributed by atoms with Crippen LogP contribution in [0.3, 0.4) is 0 Å². The van der Waals surface area contributed by atoms with Crippen LogP contribution in [0.15, 0.2) is 53.4 Å². The van der Waals surface area contributed by atoms with Gasteiger partial charge in [-0.3, -0.25) is 4.79 Å². The van der Waals surface area contributed by atoms with Crippen molar-refractivity contribution < 1.29 is 17.9 Å². The Morgan fingerprint density at radius 1 is 1.14 bits per heavy atom. The van der Waals surface area contributed by atoms with Crippen molar-refractivity contribution in [3.05, 3.63) is 59.7 Å². The highest BCUT2D eigenvalue weighted by Crippen LogP contribution is 2.26. The number of benzene rings is 2. The van der Waals surface area contributed by atoms with Crippen LogP contribution < -0.4 is 4.74 Å². The summed E-state index contributed by atoms with van der Waals surface area (Å²) in [6, 6.07) is 14.4. The second-order valence-electron chi connectivity index (χ2n) is 7.56. The molecular formula is C22H28N2O4S. The number of ether oxygens (including phenoxy) is 1. The molecule has 1 aliphatic rings. The Kier molecular flexibility index (Phi) is 6.59. The molecule has 2 aromatic carbocycles. The van der Waals surface area contributed by atoms with Crippen LogP contribution >= 0.6 is 0 Å². The van der Waals surface area contributed by atoms with Crippen LogP contribution in [0.2, 0.25) is 0 Å². The van der Waals surface area contributed by atoms with E-state index in [-0.39, 0.29) is 23.3 Å². The smallest absolute Gasteiger partial charge is 0.243 e. The van der Waals surface area contributed by atoms with Gasteiger partial charge in [0, 0.05) is 26.7 Å². The number of carbonyl (C=O) groups is 1. The third-order valence-corrected chi connectivity index (χ3v) is 7.23. The summed E-state index contributed by atoms with van der Waals surface area (Å²) in [4.78, 5) is 14.9. The van der Waals surface area contributed by atoms with E-state index in [2.05, 4.69) is 0 Å². The molecule has 7 heteroatoms. The van der Waals surface area contributed by atoms with Crippen molar-refractivity contribution in [3.8, 4) is 5.75 Å². The summed E-state index contributed by atoms with van der Waals surface area (Å²) < 4.78 is 32.5. The Bertz CT molecular complexity index is 940. The number of aryl methyl sites for hydroxylation is 1. The second kappa shape index (κ2) is 8.97. The molecule has 1 saturated heterocycles. The molecule has 156 valence electrons. The van der Waals surface area contributed by atoms with E-state index >= 15 is 0 Å². The molecule has 0 unspecified atom stereocenters. The number of carbonyl (C=O) groups excluding carboxylic acids is 1. The number of methoxy groups -OCH3 is 1. The summed E-state index contributed by atoms with van der Waals surface area (Å²) in [5.41, 5.74) is 2.24. The van der Waals surface area contributed by atoms with Crippen LogP contribution in [0, 0.1) is 12.8 Å². The van der Waals surface area contributed by atoms with Crippen molar-refractivity contribution in [2.45, 2.75) is 31.2 Å². The van der Waals surface area contributed by atoms with Crippen LogP contribution in [0.5, 0.6) is 5.75 Å². The lowest BCUT2D eigenvalue weighted by Crippen LogP contribution is -2.45. The number of rotatable bonds is 6. The van der Waals surface area contributed by atoms with Crippen molar-refractivity contribution in [1.29, 1.82) is 0 Å². The molecule has 0 N–H and O–H groups in total. The topological polar surface area (TPSA) is 66.9 Å². The molecule has 6 nitrogen and oxygen atoms in total. The average Bonchev–Trinajstić information content (AvgIpc) is 2.75. The highest BCUT2D eigenvalue weighted by molar-refractivity contribution is 7.89. The molecule has 0 aromatic heterocycles. The second-order valence-corrected chi connectivity index (χ2v) is 9.50. The molecule has 0 saturated carbocycles. The van der Waals surface area contributed by atoms with Crippen LogP contribution in [0.25, 0.3) is 0 Å². The van der Waals surface area contributed by atoms with Crippen molar-refractivity contribution in [2.24, 2.45) is 5.92 Å². The zero-order valence-electron chi connectivity index (χ0n) is 17.2. The van der Waals surface area contributed by atoms with Crippen molar-refractivity contribution >= 4 is 15.9 Å². The quantitative estimate of drug-likeness (QED) is 0.726. The molecule has 1 heterocycles. The van der Waals surface area contributed by atoms with Crippen LogP contribution in [0.1, 0.15) is 24.0 Å². The summed E-state index contributed by atoms with van der Waals surface area (Å²) in [5.74, 6) is 0.265. The first-order chi connectivity index (χ1) is 13.8. The van der Waals surface area contributed by atoms with Crippen molar-refractivity contribution in [2.75, 3.05) is 27.2 Å².